The molecule has 3 aromatic rings. The molecule has 0 spiro atoms. The van der Waals surface area contributed by atoms with Crippen molar-refractivity contribution in [1.82, 2.24) is 10.2 Å². The molecule has 0 saturated heterocycles. The van der Waals surface area contributed by atoms with E-state index in [1.165, 1.54) is 11.1 Å². The first-order valence-electron chi connectivity index (χ1n) is 10.9. The number of nitrogens with zero attached hydrogens (tertiary/aromatic N) is 1. The molecule has 32 heavy (non-hydrogen) atoms. The normalized spacial score (nSPS) is 17.3. The third-order valence-corrected chi connectivity index (χ3v) is 6.50. The van der Waals surface area contributed by atoms with Crippen molar-refractivity contribution in [2.45, 2.75) is 25.5 Å². The standard InChI is InChI=1S/C25H26N2O4S/c28-25(8-6-18-5-7-22-23(13-18)30-17-29-22)26-10-11-27-14-19-3-1-2-4-21(19)31-24(15-27)20-9-12-32-16-20/h1-5,7,9,12-13,16,24H,6,8,10-11,14-15,17H2,(H,26,28)/t24-/m0/s1. The van der Waals surface area contributed by atoms with E-state index in [-0.39, 0.29) is 18.8 Å². The Morgan fingerprint density at radius 1 is 1.09 bits per heavy atom. The number of amides is 1. The van der Waals surface area contributed by atoms with Crippen molar-refractivity contribution >= 4 is 17.2 Å². The summed E-state index contributed by atoms with van der Waals surface area (Å²) < 4.78 is 17.1. The van der Waals surface area contributed by atoms with Crippen LogP contribution in [0.5, 0.6) is 17.2 Å². The number of thiophene rings is 1. The predicted octanol–water partition coefficient (Wildman–Crippen LogP) is 4.16. The summed E-state index contributed by atoms with van der Waals surface area (Å²) >= 11 is 1.68. The van der Waals surface area contributed by atoms with Crippen LogP contribution in [0.2, 0.25) is 0 Å². The maximum atomic E-state index is 12.4. The summed E-state index contributed by atoms with van der Waals surface area (Å²) in [4.78, 5) is 14.8. The molecule has 0 unspecified atom stereocenters. The van der Waals surface area contributed by atoms with Crippen LogP contribution < -0.4 is 19.5 Å². The van der Waals surface area contributed by atoms with Crippen molar-refractivity contribution in [3.63, 3.8) is 0 Å². The minimum atomic E-state index is -0.00777. The molecular weight excluding hydrogens is 424 g/mol. The Balaban J connectivity index is 1.14. The van der Waals surface area contributed by atoms with Crippen LogP contribution in [-0.2, 0) is 17.8 Å². The van der Waals surface area contributed by atoms with E-state index in [9.17, 15) is 4.79 Å². The molecule has 0 aliphatic carbocycles. The zero-order valence-electron chi connectivity index (χ0n) is 17.8. The highest BCUT2D eigenvalue weighted by atomic mass is 32.1. The van der Waals surface area contributed by atoms with Gasteiger partial charge >= 0.3 is 0 Å². The fraction of sp³-hybridized carbons (Fsp3) is 0.320. The number of carbonyl (C=O) groups excluding carboxylic acids is 1. The molecule has 166 valence electrons. The Labute approximate surface area is 191 Å². The van der Waals surface area contributed by atoms with Crippen molar-refractivity contribution in [2.24, 2.45) is 0 Å². The summed E-state index contributed by atoms with van der Waals surface area (Å²) in [6, 6.07) is 16.2. The maximum absolute atomic E-state index is 12.4. The average molecular weight is 451 g/mol. The number of aryl methyl sites for hydroxylation is 1. The Kier molecular flexibility index (Phi) is 6.27. The molecule has 1 N–H and O–H groups in total. The van der Waals surface area contributed by atoms with Crippen LogP contribution in [0.4, 0.5) is 0 Å². The number of rotatable bonds is 7. The maximum Gasteiger partial charge on any atom is 0.231 e. The number of hydrogen-bond donors (Lipinski definition) is 1. The van der Waals surface area contributed by atoms with Crippen molar-refractivity contribution in [3.8, 4) is 17.2 Å². The zero-order chi connectivity index (χ0) is 21.8. The highest BCUT2D eigenvalue weighted by Crippen LogP contribution is 2.33. The highest BCUT2D eigenvalue weighted by molar-refractivity contribution is 7.07. The van der Waals surface area contributed by atoms with Crippen molar-refractivity contribution in [1.29, 1.82) is 0 Å². The Morgan fingerprint density at radius 2 is 2.00 bits per heavy atom. The molecule has 0 fully saturated rings. The molecule has 0 saturated carbocycles. The second kappa shape index (κ2) is 9.63. The van der Waals surface area contributed by atoms with Gasteiger partial charge in [0.2, 0.25) is 12.7 Å². The molecule has 3 heterocycles. The summed E-state index contributed by atoms with van der Waals surface area (Å²) in [6.07, 6.45) is 1.11. The molecule has 1 aromatic heterocycles. The van der Waals surface area contributed by atoms with Crippen molar-refractivity contribution in [3.05, 3.63) is 76.0 Å². The van der Waals surface area contributed by atoms with Gasteiger partial charge in [0.15, 0.2) is 11.5 Å². The van der Waals surface area contributed by atoms with Gasteiger partial charge in [-0.3, -0.25) is 9.69 Å². The van der Waals surface area contributed by atoms with Crippen LogP contribution in [0.1, 0.15) is 29.2 Å². The van der Waals surface area contributed by atoms with Gasteiger partial charge in [-0.15, -0.1) is 0 Å². The fourth-order valence-electron chi connectivity index (χ4n) is 4.08. The number of carbonyl (C=O) groups is 1. The third kappa shape index (κ3) is 4.89. The summed E-state index contributed by atoms with van der Waals surface area (Å²) in [5.74, 6) is 2.52. The lowest BCUT2D eigenvalue weighted by atomic mass is 10.1. The van der Waals surface area contributed by atoms with Crippen LogP contribution >= 0.6 is 11.3 Å². The first-order valence-corrected chi connectivity index (χ1v) is 11.8. The molecule has 5 rings (SSSR count). The summed E-state index contributed by atoms with van der Waals surface area (Å²) in [5, 5.41) is 7.30. The van der Waals surface area contributed by atoms with Gasteiger partial charge in [-0.1, -0.05) is 24.3 Å². The van der Waals surface area contributed by atoms with Gasteiger partial charge in [-0.25, -0.2) is 0 Å². The van der Waals surface area contributed by atoms with E-state index in [0.717, 1.165) is 42.4 Å². The number of nitrogens with one attached hydrogen (secondary N) is 1. The number of para-hydroxylation sites is 1. The number of benzene rings is 2. The van der Waals surface area contributed by atoms with Gasteiger partial charge in [0.05, 0.1) is 0 Å². The molecular formula is C25H26N2O4S. The lowest BCUT2D eigenvalue weighted by Gasteiger charge is -2.23. The van der Waals surface area contributed by atoms with Crippen molar-refractivity contribution in [2.75, 3.05) is 26.4 Å². The largest absolute Gasteiger partial charge is 0.484 e. The van der Waals surface area contributed by atoms with E-state index in [0.29, 0.717) is 19.4 Å². The summed E-state index contributed by atoms with van der Waals surface area (Å²) in [6.45, 7) is 3.24. The average Bonchev–Trinajstić information content (AvgIpc) is 3.47. The molecule has 2 aliphatic heterocycles. The second-order valence-electron chi connectivity index (χ2n) is 8.04. The predicted molar refractivity (Wildman–Crippen MR) is 123 cm³/mol. The SMILES string of the molecule is O=C(CCc1ccc2c(c1)OCO2)NCCN1Cc2ccccc2O[C@H](c2ccsc2)C1. The quantitative estimate of drug-likeness (QED) is 0.586. The minimum absolute atomic E-state index is 0.00777. The van der Waals surface area contributed by atoms with Gasteiger partial charge in [0.1, 0.15) is 11.9 Å². The first-order chi connectivity index (χ1) is 15.7. The van der Waals surface area contributed by atoms with Gasteiger partial charge in [-0.05, 0) is 47.0 Å². The molecule has 0 radical (unpaired) electrons. The van der Waals surface area contributed by atoms with Crippen LogP contribution in [0, 0.1) is 0 Å². The Morgan fingerprint density at radius 3 is 2.91 bits per heavy atom. The second-order valence-corrected chi connectivity index (χ2v) is 8.82. The first kappa shape index (κ1) is 20.8. The molecule has 1 atom stereocenters. The number of ether oxygens (including phenoxy) is 3. The van der Waals surface area contributed by atoms with Crippen LogP contribution in [-0.4, -0.2) is 37.2 Å². The van der Waals surface area contributed by atoms with E-state index in [1.807, 2.05) is 36.4 Å². The topological polar surface area (TPSA) is 60.0 Å². The minimum Gasteiger partial charge on any atom is -0.484 e. The Hall–Kier alpha value is -3.03. The van der Waals surface area contributed by atoms with E-state index < -0.39 is 0 Å². The van der Waals surface area contributed by atoms with Gasteiger partial charge in [-0.2, -0.15) is 11.3 Å². The zero-order valence-corrected chi connectivity index (χ0v) is 18.6. The fourth-order valence-corrected chi connectivity index (χ4v) is 4.78. The number of hydrogen-bond acceptors (Lipinski definition) is 6. The summed E-state index contributed by atoms with van der Waals surface area (Å²) in [5.41, 5.74) is 3.45. The molecule has 2 aliphatic rings. The van der Waals surface area contributed by atoms with Gasteiger partial charge in [0, 0.05) is 43.7 Å². The van der Waals surface area contributed by atoms with E-state index >= 15 is 0 Å². The van der Waals surface area contributed by atoms with Crippen LogP contribution in [0.3, 0.4) is 0 Å². The van der Waals surface area contributed by atoms with Gasteiger partial charge < -0.3 is 19.5 Å². The van der Waals surface area contributed by atoms with Gasteiger partial charge in [0.25, 0.3) is 0 Å². The van der Waals surface area contributed by atoms with Crippen molar-refractivity contribution < 1.29 is 19.0 Å². The lowest BCUT2D eigenvalue weighted by molar-refractivity contribution is -0.121. The molecule has 1 amide bonds. The third-order valence-electron chi connectivity index (χ3n) is 5.80. The molecule has 6 nitrogen and oxygen atoms in total. The monoisotopic (exact) mass is 450 g/mol. The van der Waals surface area contributed by atoms with E-state index in [1.54, 1.807) is 11.3 Å². The number of fused-ring (bicyclic) bond motifs is 2. The van der Waals surface area contributed by atoms with Crippen LogP contribution in [0.15, 0.2) is 59.3 Å². The van der Waals surface area contributed by atoms with E-state index in [4.69, 9.17) is 14.2 Å². The van der Waals surface area contributed by atoms with Crippen LogP contribution in [0.25, 0.3) is 0 Å². The van der Waals surface area contributed by atoms with E-state index in [2.05, 4.69) is 33.1 Å². The lowest BCUT2D eigenvalue weighted by Crippen LogP contribution is -2.36. The highest BCUT2D eigenvalue weighted by Gasteiger charge is 2.24. The Bertz CT molecular complexity index is 1070. The molecule has 0 bridgehead atoms. The molecule has 7 heteroatoms. The summed E-state index contributed by atoms with van der Waals surface area (Å²) in [7, 11) is 0. The smallest absolute Gasteiger partial charge is 0.231 e. The molecule has 2 aromatic carbocycles.